The Morgan fingerprint density at radius 2 is 1.88 bits per heavy atom. The van der Waals surface area contributed by atoms with E-state index in [-0.39, 0.29) is 0 Å². The quantitative estimate of drug-likeness (QED) is 0.729. The molecule has 0 saturated carbocycles. The van der Waals surface area contributed by atoms with Gasteiger partial charge in [-0.3, -0.25) is 0 Å². The number of hydrogen-bond acceptors (Lipinski definition) is 4. The fraction of sp³-hybridized carbons (Fsp3) is 0.500. The molecular formula is C12H15NO4. The molecular weight excluding hydrogens is 222 g/mol. The van der Waals surface area contributed by atoms with Gasteiger partial charge in [0.2, 0.25) is 0 Å². The van der Waals surface area contributed by atoms with E-state index in [4.69, 9.17) is 4.74 Å². The molecule has 17 heavy (non-hydrogen) atoms. The molecule has 0 atom stereocenters. The second-order valence-corrected chi connectivity index (χ2v) is 4.00. The van der Waals surface area contributed by atoms with Gasteiger partial charge in [-0.05, 0) is 19.3 Å². The molecule has 0 amide bonds. The smallest absolute Gasteiger partial charge is 0.340 e. The molecule has 1 aromatic heterocycles. The normalized spacial score (nSPS) is 14.0. The highest BCUT2D eigenvalue weighted by atomic mass is 16.5. The zero-order valence-electron chi connectivity index (χ0n) is 9.99. The average Bonchev–Trinajstić information content (AvgIpc) is 2.76. The third kappa shape index (κ3) is 1.92. The molecule has 0 saturated heterocycles. The summed E-state index contributed by atoms with van der Waals surface area (Å²) >= 11 is 0. The van der Waals surface area contributed by atoms with E-state index in [0.717, 1.165) is 31.5 Å². The second kappa shape index (κ2) is 4.61. The summed E-state index contributed by atoms with van der Waals surface area (Å²) in [5.74, 6) is -0.964. The van der Waals surface area contributed by atoms with E-state index in [1.165, 1.54) is 14.2 Å². The minimum Gasteiger partial charge on any atom is -0.465 e. The van der Waals surface area contributed by atoms with Crippen LogP contribution in [-0.4, -0.2) is 30.7 Å². The van der Waals surface area contributed by atoms with Gasteiger partial charge in [-0.15, -0.1) is 0 Å². The Bertz CT molecular complexity index is 461. The maximum absolute atomic E-state index is 11.7. The van der Waals surface area contributed by atoms with Gasteiger partial charge in [-0.1, -0.05) is 0 Å². The molecule has 2 rings (SSSR count). The largest absolute Gasteiger partial charge is 0.465 e. The van der Waals surface area contributed by atoms with Crippen molar-refractivity contribution in [3.8, 4) is 0 Å². The van der Waals surface area contributed by atoms with Crippen molar-refractivity contribution in [2.75, 3.05) is 14.2 Å². The molecule has 0 unspecified atom stereocenters. The molecule has 1 aliphatic heterocycles. The lowest BCUT2D eigenvalue weighted by atomic mass is 10.0. The van der Waals surface area contributed by atoms with Crippen LogP contribution in [0.5, 0.6) is 0 Å². The van der Waals surface area contributed by atoms with Crippen molar-refractivity contribution >= 4 is 11.9 Å². The van der Waals surface area contributed by atoms with E-state index in [2.05, 4.69) is 4.74 Å². The first kappa shape index (κ1) is 11.7. The van der Waals surface area contributed by atoms with Crippen molar-refractivity contribution in [1.82, 2.24) is 4.57 Å². The summed E-state index contributed by atoms with van der Waals surface area (Å²) in [5, 5.41) is 0. The van der Waals surface area contributed by atoms with Crippen molar-refractivity contribution in [3.05, 3.63) is 23.0 Å². The van der Waals surface area contributed by atoms with Crippen LogP contribution in [0.3, 0.4) is 0 Å². The van der Waals surface area contributed by atoms with E-state index >= 15 is 0 Å². The Morgan fingerprint density at radius 3 is 2.53 bits per heavy atom. The molecule has 0 aliphatic carbocycles. The highest BCUT2D eigenvalue weighted by molar-refractivity contribution is 6.04. The van der Waals surface area contributed by atoms with Crippen LogP contribution in [0.15, 0.2) is 6.20 Å². The monoisotopic (exact) mass is 237 g/mol. The van der Waals surface area contributed by atoms with Crippen LogP contribution in [0, 0.1) is 0 Å². The minimum absolute atomic E-state index is 0.302. The number of rotatable bonds is 2. The molecule has 0 N–H and O–H groups in total. The number of aryl methyl sites for hydroxylation is 1. The first-order valence-corrected chi connectivity index (χ1v) is 5.57. The Morgan fingerprint density at radius 1 is 1.18 bits per heavy atom. The van der Waals surface area contributed by atoms with Gasteiger partial charge in [-0.25, -0.2) is 9.59 Å². The van der Waals surface area contributed by atoms with Gasteiger partial charge in [0.15, 0.2) is 0 Å². The van der Waals surface area contributed by atoms with Crippen molar-refractivity contribution in [2.24, 2.45) is 0 Å². The molecule has 0 spiro atoms. The molecule has 0 aromatic carbocycles. The van der Waals surface area contributed by atoms with Gasteiger partial charge in [0.25, 0.3) is 0 Å². The predicted octanol–water partition coefficient (Wildman–Crippen LogP) is 1.40. The van der Waals surface area contributed by atoms with E-state index in [0.29, 0.717) is 11.1 Å². The third-order valence-electron chi connectivity index (χ3n) is 3.05. The van der Waals surface area contributed by atoms with Crippen molar-refractivity contribution in [3.63, 3.8) is 0 Å². The Kier molecular flexibility index (Phi) is 3.17. The zero-order valence-corrected chi connectivity index (χ0v) is 9.99. The van der Waals surface area contributed by atoms with Gasteiger partial charge in [0.05, 0.1) is 25.3 Å². The van der Waals surface area contributed by atoms with Crippen molar-refractivity contribution in [2.45, 2.75) is 25.8 Å². The van der Waals surface area contributed by atoms with Gasteiger partial charge in [0.1, 0.15) is 0 Å². The van der Waals surface area contributed by atoms with Crippen LogP contribution >= 0.6 is 0 Å². The Balaban J connectivity index is 2.54. The standard InChI is InChI=1S/C12H15NO4/c1-16-11(14)8-7-13-6-4-3-5-9(13)10(8)12(15)17-2/h7H,3-6H2,1-2H3. The highest BCUT2D eigenvalue weighted by Crippen LogP contribution is 2.25. The van der Waals surface area contributed by atoms with E-state index in [9.17, 15) is 9.59 Å². The molecule has 2 heterocycles. The fourth-order valence-corrected chi connectivity index (χ4v) is 2.23. The minimum atomic E-state index is -0.493. The topological polar surface area (TPSA) is 57.5 Å². The van der Waals surface area contributed by atoms with Crippen LogP contribution in [0.4, 0.5) is 0 Å². The van der Waals surface area contributed by atoms with E-state index < -0.39 is 11.9 Å². The SMILES string of the molecule is COC(=O)c1cn2c(c1C(=O)OC)CCCC2. The fourth-order valence-electron chi connectivity index (χ4n) is 2.23. The summed E-state index contributed by atoms with van der Waals surface area (Å²) in [4.78, 5) is 23.4. The molecule has 0 radical (unpaired) electrons. The van der Waals surface area contributed by atoms with Crippen LogP contribution in [-0.2, 0) is 22.4 Å². The number of methoxy groups -OCH3 is 2. The van der Waals surface area contributed by atoms with Gasteiger partial charge >= 0.3 is 11.9 Å². The van der Waals surface area contributed by atoms with E-state index in [1.54, 1.807) is 6.20 Å². The number of fused-ring (bicyclic) bond motifs is 1. The number of ether oxygens (including phenoxy) is 2. The maximum atomic E-state index is 11.7. The predicted molar refractivity (Wildman–Crippen MR) is 60.0 cm³/mol. The number of carbonyl (C=O) groups excluding carboxylic acids is 2. The van der Waals surface area contributed by atoms with Crippen molar-refractivity contribution < 1.29 is 19.1 Å². The highest BCUT2D eigenvalue weighted by Gasteiger charge is 2.28. The summed E-state index contributed by atoms with van der Waals surface area (Å²) < 4.78 is 11.4. The number of nitrogens with zero attached hydrogens (tertiary/aromatic N) is 1. The number of carbonyl (C=O) groups is 2. The Hall–Kier alpha value is -1.78. The zero-order chi connectivity index (χ0) is 12.4. The van der Waals surface area contributed by atoms with Gasteiger partial charge in [0, 0.05) is 18.4 Å². The number of hydrogen-bond donors (Lipinski definition) is 0. The van der Waals surface area contributed by atoms with Crippen LogP contribution in [0.25, 0.3) is 0 Å². The lowest BCUT2D eigenvalue weighted by molar-refractivity contribution is 0.0555. The lowest BCUT2D eigenvalue weighted by Crippen LogP contribution is -2.14. The number of aromatic nitrogens is 1. The molecule has 0 bridgehead atoms. The van der Waals surface area contributed by atoms with E-state index in [1.807, 2.05) is 4.57 Å². The number of esters is 2. The average molecular weight is 237 g/mol. The van der Waals surface area contributed by atoms with Crippen LogP contribution < -0.4 is 0 Å². The summed E-state index contributed by atoms with van der Waals surface area (Å²) in [6.45, 7) is 0.830. The molecule has 1 aliphatic rings. The van der Waals surface area contributed by atoms with Crippen molar-refractivity contribution in [1.29, 1.82) is 0 Å². The van der Waals surface area contributed by atoms with Gasteiger partial charge in [-0.2, -0.15) is 0 Å². The molecule has 5 nitrogen and oxygen atoms in total. The third-order valence-corrected chi connectivity index (χ3v) is 3.05. The van der Waals surface area contributed by atoms with Crippen LogP contribution in [0.2, 0.25) is 0 Å². The summed E-state index contributed by atoms with van der Waals surface area (Å²) in [5.41, 5.74) is 1.54. The summed E-state index contributed by atoms with van der Waals surface area (Å²) in [6.07, 6.45) is 4.56. The Labute approximate surface area is 99.3 Å². The first-order valence-electron chi connectivity index (χ1n) is 5.57. The summed E-state index contributed by atoms with van der Waals surface area (Å²) in [7, 11) is 2.62. The molecule has 92 valence electrons. The summed E-state index contributed by atoms with van der Waals surface area (Å²) in [6, 6.07) is 0. The molecule has 5 heteroatoms. The first-order chi connectivity index (χ1) is 8.19. The molecule has 1 aromatic rings. The lowest BCUT2D eigenvalue weighted by Gasteiger charge is -2.15. The second-order valence-electron chi connectivity index (χ2n) is 4.00. The molecule has 0 fully saturated rings. The van der Waals surface area contributed by atoms with Crippen LogP contribution in [0.1, 0.15) is 39.3 Å². The maximum Gasteiger partial charge on any atom is 0.340 e. The van der Waals surface area contributed by atoms with Gasteiger partial charge < -0.3 is 14.0 Å².